The Morgan fingerprint density at radius 2 is 1.92 bits per heavy atom. The molecule has 0 aromatic carbocycles. The summed E-state index contributed by atoms with van der Waals surface area (Å²) >= 11 is 0. The number of methoxy groups -OCH3 is 1. The molecule has 0 bridgehead atoms. The number of unbranched alkanes of at least 4 members (excludes halogenated alkanes) is 1. The normalized spacial score (nSPS) is 16.0. The molecule has 0 radical (unpaired) electrons. The first-order valence-corrected chi connectivity index (χ1v) is 4.91. The number of hydrogen-bond donors (Lipinski definition) is 1. The van der Waals surface area contributed by atoms with E-state index in [-0.39, 0.29) is 12.2 Å². The molecule has 2 atom stereocenters. The van der Waals surface area contributed by atoms with Gasteiger partial charge < -0.3 is 9.84 Å². The van der Waals surface area contributed by atoms with Crippen LogP contribution in [0.4, 0.5) is 0 Å². The maximum Gasteiger partial charge on any atom is 0.0544 e. The molecule has 1 N–H and O–H groups in total. The van der Waals surface area contributed by atoms with Crippen LogP contribution in [0.3, 0.4) is 0 Å². The molecule has 0 aromatic heterocycles. The Morgan fingerprint density at radius 1 is 1.25 bits per heavy atom. The lowest BCUT2D eigenvalue weighted by Gasteiger charge is -2.13. The third-order valence-corrected chi connectivity index (χ3v) is 2.20. The van der Waals surface area contributed by atoms with Crippen LogP contribution in [-0.2, 0) is 4.74 Å². The minimum Gasteiger partial charge on any atom is -0.393 e. The van der Waals surface area contributed by atoms with Gasteiger partial charge in [-0.25, -0.2) is 0 Å². The fourth-order valence-corrected chi connectivity index (χ4v) is 1.13. The van der Waals surface area contributed by atoms with Crippen LogP contribution >= 0.6 is 0 Å². The van der Waals surface area contributed by atoms with Crippen LogP contribution in [0.15, 0.2) is 0 Å². The fourth-order valence-electron chi connectivity index (χ4n) is 1.13. The summed E-state index contributed by atoms with van der Waals surface area (Å²) < 4.78 is 5.09. The standard InChI is InChI=1S/C10H22O2/c1-4-5-6-10(11)8-7-9(2)12-3/h9-11H,4-8H2,1-3H3. The molecule has 0 rings (SSSR count). The number of aliphatic hydroxyl groups is 1. The average molecular weight is 174 g/mol. The quantitative estimate of drug-likeness (QED) is 0.642. The maximum absolute atomic E-state index is 9.47. The van der Waals surface area contributed by atoms with Crippen LogP contribution in [0.5, 0.6) is 0 Å². The van der Waals surface area contributed by atoms with E-state index in [2.05, 4.69) is 6.92 Å². The lowest BCUT2D eigenvalue weighted by atomic mass is 10.1. The Kier molecular flexibility index (Phi) is 7.51. The van der Waals surface area contributed by atoms with Gasteiger partial charge in [0, 0.05) is 7.11 Å². The molecule has 0 heterocycles. The Balaban J connectivity index is 3.24. The van der Waals surface area contributed by atoms with E-state index in [1.54, 1.807) is 7.11 Å². The van der Waals surface area contributed by atoms with Gasteiger partial charge in [0.25, 0.3) is 0 Å². The SMILES string of the molecule is CCCCC(O)CCC(C)OC. The molecule has 2 heteroatoms. The largest absolute Gasteiger partial charge is 0.393 e. The predicted octanol–water partition coefficient (Wildman–Crippen LogP) is 2.35. The Bertz CT molecular complexity index is 93.8. The monoisotopic (exact) mass is 174 g/mol. The van der Waals surface area contributed by atoms with Gasteiger partial charge in [-0.3, -0.25) is 0 Å². The second kappa shape index (κ2) is 7.56. The minimum atomic E-state index is -0.123. The van der Waals surface area contributed by atoms with Crippen LogP contribution in [0.25, 0.3) is 0 Å². The van der Waals surface area contributed by atoms with E-state index < -0.39 is 0 Å². The lowest BCUT2D eigenvalue weighted by Crippen LogP contribution is -2.12. The molecule has 0 amide bonds. The van der Waals surface area contributed by atoms with Crippen molar-refractivity contribution in [1.82, 2.24) is 0 Å². The highest BCUT2D eigenvalue weighted by Gasteiger charge is 2.06. The predicted molar refractivity (Wildman–Crippen MR) is 51.2 cm³/mol. The average Bonchev–Trinajstić information content (AvgIpc) is 2.10. The van der Waals surface area contributed by atoms with Crippen molar-refractivity contribution < 1.29 is 9.84 Å². The first-order chi connectivity index (χ1) is 5.70. The van der Waals surface area contributed by atoms with E-state index in [0.29, 0.717) is 0 Å². The van der Waals surface area contributed by atoms with E-state index in [1.165, 1.54) is 0 Å². The van der Waals surface area contributed by atoms with Crippen LogP contribution < -0.4 is 0 Å². The van der Waals surface area contributed by atoms with Gasteiger partial charge >= 0.3 is 0 Å². The molecule has 0 saturated carbocycles. The van der Waals surface area contributed by atoms with Gasteiger partial charge in [0.1, 0.15) is 0 Å². The highest BCUT2D eigenvalue weighted by Crippen LogP contribution is 2.09. The highest BCUT2D eigenvalue weighted by molar-refractivity contribution is 4.58. The molecule has 0 saturated heterocycles. The summed E-state index contributed by atoms with van der Waals surface area (Å²) in [4.78, 5) is 0. The lowest BCUT2D eigenvalue weighted by molar-refractivity contribution is 0.0818. The fraction of sp³-hybridized carbons (Fsp3) is 1.00. The minimum absolute atomic E-state index is 0.123. The third-order valence-electron chi connectivity index (χ3n) is 2.20. The van der Waals surface area contributed by atoms with Gasteiger partial charge in [-0.2, -0.15) is 0 Å². The second-order valence-corrected chi connectivity index (χ2v) is 3.42. The summed E-state index contributed by atoms with van der Waals surface area (Å²) in [5, 5.41) is 9.47. The first kappa shape index (κ1) is 11.9. The van der Waals surface area contributed by atoms with Crippen molar-refractivity contribution in [1.29, 1.82) is 0 Å². The molecular weight excluding hydrogens is 152 g/mol. The van der Waals surface area contributed by atoms with Crippen LogP contribution in [0.2, 0.25) is 0 Å². The molecule has 0 spiro atoms. The maximum atomic E-state index is 9.47. The zero-order valence-electron chi connectivity index (χ0n) is 8.55. The number of aliphatic hydroxyl groups excluding tert-OH is 1. The van der Waals surface area contributed by atoms with Gasteiger partial charge in [0.05, 0.1) is 12.2 Å². The summed E-state index contributed by atoms with van der Waals surface area (Å²) in [5.74, 6) is 0. The zero-order valence-corrected chi connectivity index (χ0v) is 8.55. The smallest absolute Gasteiger partial charge is 0.0544 e. The third kappa shape index (κ3) is 6.62. The van der Waals surface area contributed by atoms with Crippen LogP contribution in [0, 0.1) is 0 Å². The van der Waals surface area contributed by atoms with Gasteiger partial charge in [-0.05, 0) is 26.2 Å². The number of hydrogen-bond acceptors (Lipinski definition) is 2. The summed E-state index contributed by atoms with van der Waals surface area (Å²) in [7, 11) is 1.71. The van der Waals surface area contributed by atoms with E-state index >= 15 is 0 Å². The molecule has 0 fully saturated rings. The first-order valence-electron chi connectivity index (χ1n) is 4.91. The Labute approximate surface area is 75.9 Å². The molecule has 2 nitrogen and oxygen atoms in total. The molecule has 0 aliphatic carbocycles. The van der Waals surface area contributed by atoms with Crippen molar-refractivity contribution in [2.45, 2.75) is 58.2 Å². The van der Waals surface area contributed by atoms with Gasteiger partial charge in [-0.15, -0.1) is 0 Å². The van der Waals surface area contributed by atoms with Crippen LogP contribution in [0.1, 0.15) is 46.0 Å². The molecule has 0 aliphatic heterocycles. The number of ether oxygens (including phenoxy) is 1. The van der Waals surface area contributed by atoms with E-state index in [1.807, 2.05) is 6.92 Å². The van der Waals surface area contributed by atoms with E-state index in [4.69, 9.17) is 4.74 Å². The molecular formula is C10H22O2. The Morgan fingerprint density at radius 3 is 2.42 bits per heavy atom. The summed E-state index contributed by atoms with van der Waals surface area (Å²) in [6, 6.07) is 0. The van der Waals surface area contributed by atoms with Crippen molar-refractivity contribution >= 4 is 0 Å². The van der Waals surface area contributed by atoms with Gasteiger partial charge in [0.15, 0.2) is 0 Å². The zero-order chi connectivity index (χ0) is 9.40. The van der Waals surface area contributed by atoms with Crippen molar-refractivity contribution in [2.75, 3.05) is 7.11 Å². The second-order valence-electron chi connectivity index (χ2n) is 3.42. The molecule has 12 heavy (non-hydrogen) atoms. The highest BCUT2D eigenvalue weighted by atomic mass is 16.5. The van der Waals surface area contributed by atoms with Crippen molar-refractivity contribution in [3.63, 3.8) is 0 Å². The summed E-state index contributed by atoms with van der Waals surface area (Å²) in [6.07, 6.45) is 5.21. The summed E-state index contributed by atoms with van der Waals surface area (Å²) in [5.41, 5.74) is 0. The van der Waals surface area contributed by atoms with Crippen molar-refractivity contribution in [2.24, 2.45) is 0 Å². The molecule has 0 aromatic rings. The van der Waals surface area contributed by atoms with Gasteiger partial charge in [-0.1, -0.05) is 19.8 Å². The number of rotatable bonds is 7. The van der Waals surface area contributed by atoms with Crippen LogP contribution in [-0.4, -0.2) is 24.4 Å². The summed E-state index contributed by atoms with van der Waals surface area (Å²) in [6.45, 7) is 4.18. The Hall–Kier alpha value is -0.0800. The molecule has 2 unspecified atom stereocenters. The van der Waals surface area contributed by atoms with Crippen molar-refractivity contribution in [3.8, 4) is 0 Å². The molecule has 0 aliphatic rings. The van der Waals surface area contributed by atoms with E-state index in [9.17, 15) is 5.11 Å². The van der Waals surface area contributed by atoms with Gasteiger partial charge in [0.2, 0.25) is 0 Å². The topological polar surface area (TPSA) is 29.5 Å². The van der Waals surface area contributed by atoms with E-state index in [0.717, 1.165) is 32.1 Å². The molecule has 74 valence electrons. The van der Waals surface area contributed by atoms with Crippen molar-refractivity contribution in [3.05, 3.63) is 0 Å².